The Labute approximate surface area is 153 Å². The van der Waals surface area contributed by atoms with Crippen LogP contribution in [0.5, 0.6) is 5.75 Å². The fourth-order valence-electron chi connectivity index (χ4n) is 3.20. The zero-order valence-corrected chi connectivity index (χ0v) is 15.7. The van der Waals surface area contributed by atoms with Crippen molar-refractivity contribution in [1.29, 1.82) is 5.26 Å². The Balaban J connectivity index is 2.04. The minimum atomic E-state index is 0.455. The van der Waals surface area contributed by atoms with E-state index in [4.69, 9.17) is 9.47 Å². The predicted octanol–water partition coefficient (Wildman–Crippen LogP) is 4.06. The average Bonchev–Trinajstić information content (AvgIpc) is 2.94. The molecule has 0 saturated heterocycles. The Morgan fingerprint density at radius 1 is 1.15 bits per heavy atom. The molecule has 0 amide bonds. The normalized spacial score (nSPS) is 10.9. The van der Waals surface area contributed by atoms with Crippen LogP contribution in [0, 0.1) is 32.1 Å². The molecule has 0 atom stereocenters. The van der Waals surface area contributed by atoms with Crippen LogP contribution in [0.4, 0.5) is 0 Å². The number of ether oxygens (including phenoxy) is 2. The molecule has 0 aliphatic carbocycles. The third kappa shape index (κ3) is 3.42. The van der Waals surface area contributed by atoms with Gasteiger partial charge in [0.05, 0.1) is 23.8 Å². The first-order valence-electron chi connectivity index (χ1n) is 8.63. The number of benzene rings is 2. The molecule has 0 aliphatic rings. The summed E-state index contributed by atoms with van der Waals surface area (Å²) >= 11 is 0. The maximum Gasteiger partial charge on any atom is 0.147 e. The lowest BCUT2D eigenvalue weighted by atomic mass is 10.0. The second kappa shape index (κ2) is 7.59. The van der Waals surface area contributed by atoms with Crippen molar-refractivity contribution in [3.8, 4) is 11.8 Å². The fourth-order valence-corrected chi connectivity index (χ4v) is 3.20. The van der Waals surface area contributed by atoms with Gasteiger partial charge in [0.1, 0.15) is 23.7 Å². The van der Waals surface area contributed by atoms with Crippen LogP contribution >= 0.6 is 0 Å². The van der Waals surface area contributed by atoms with E-state index >= 15 is 0 Å². The minimum absolute atomic E-state index is 0.455. The third-order valence-electron chi connectivity index (χ3n) is 4.66. The molecule has 0 spiro atoms. The molecule has 5 heteroatoms. The third-order valence-corrected chi connectivity index (χ3v) is 4.66. The highest BCUT2D eigenvalue weighted by atomic mass is 16.5. The summed E-state index contributed by atoms with van der Waals surface area (Å²) in [5.74, 6) is 1.56. The van der Waals surface area contributed by atoms with E-state index in [0.717, 1.165) is 16.9 Å². The number of methoxy groups -OCH3 is 1. The number of nitriles is 1. The van der Waals surface area contributed by atoms with Crippen LogP contribution in [0.1, 0.15) is 28.1 Å². The van der Waals surface area contributed by atoms with Gasteiger partial charge in [-0.25, -0.2) is 4.98 Å². The van der Waals surface area contributed by atoms with Crippen molar-refractivity contribution in [1.82, 2.24) is 9.55 Å². The first-order valence-corrected chi connectivity index (χ1v) is 8.63. The molecule has 0 bridgehead atoms. The Morgan fingerprint density at radius 3 is 2.54 bits per heavy atom. The van der Waals surface area contributed by atoms with E-state index in [1.807, 2.05) is 13.0 Å². The molecule has 1 aromatic heterocycles. The highest BCUT2D eigenvalue weighted by Gasteiger charge is 2.15. The summed E-state index contributed by atoms with van der Waals surface area (Å²) in [5.41, 5.74) is 5.79. The number of imidazole rings is 1. The van der Waals surface area contributed by atoms with Crippen molar-refractivity contribution < 1.29 is 9.47 Å². The summed E-state index contributed by atoms with van der Waals surface area (Å²) in [6.07, 6.45) is 0. The van der Waals surface area contributed by atoms with E-state index in [0.29, 0.717) is 31.1 Å². The smallest absolute Gasteiger partial charge is 0.147 e. The molecule has 3 aromatic rings. The molecule has 0 radical (unpaired) electrons. The standard InChI is InChI=1S/C21H23N3O2/c1-14-6-5-7-15(2)18(14)13-26-20-11-17(12-22)10-19-21(20)24(8-9-25-4)16(3)23-19/h5-7,10-11H,8-9,13H2,1-4H3. The lowest BCUT2D eigenvalue weighted by Gasteiger charge is -2.14. The van der Waals surface area contributed by atoms with Crippen LogP contribution < -0.4 is 4.74 Å². The summed E-state index contributed by atoms with van der Waals surface area (Å²) in [7, 11) is 1.68. The number of aromatic nitrogens is 2. The van der Waals surface area contributed by atoms with E-state index in [9.17, 15) is 5.26 Å². The largest absolute Gasteiger partial charge is 0.487 e. The first-order chi connectivity index (χ1) is 12.5. The summed E-state index contributed by atoms with van der Waals surface area (Å²) in [6.45, 7) is 7.85. The fraction of sp³-hybridized carbons (Fsp3) is 0.333. The van der Waals surface area contributed by atoms with Gasteiger partial charge < -0.3 is 14.0 Å². The van der Waals surface area contributed by atoms with Gasteiger partial charge in [-0.2, -0.15) is 5.26 Å². The predicted molar refractivity (Wildman–Crippen MR) is 101 cm³/mol. The van der Waals surface area contributed by atoms with Crippen molar-refractivity contribution in [3.05, 3.63) is 58.4 Å². The van der Waals surface area contributed by atoms with Crippen molar-refractivity contribution in [3.63, 3.8) is 0 Å². The molecule has 0 saturated carbocycles. The summed E-state index contributed by atoms with van der Waals surface area (Å²) in [6, 6.07) is 12.0. The van der Waals surface area contributed by atoms with Crippen LogP contribution in [0.15, 0.2) is 30.3 Å². The van der Waals surface area contributed by atoms with E-state index in [-0.39, 0.29) is 0 Å². The summed E-state index contributed by atoms with van der Waals surface area (Å²) in [4.78, 5) is 4.60. The van der Waals surface area contributed by atoms with Crippen LogP contribution in [0.2, 0.25) is 0 Å². The lowest BCUT2D eigenvalue weighted by Crippen LogP contribution is -2.07. The number of fused-ring (bicyclic) bond motifs is 1. The monoisotopic (exact) mass is 349 g/mol. The lowest BCUT2D eigenvalue weighted by molar-refractivity contribution is 0.187. The number of hydrogen-bond donors (Lipinski definition) is 0. The van der Waals surface area contributed by atoms with Crippen LogP contribution in [-0.4, -0.2) is 23.3 Å². The van der Waals surface area contributed by atoms with Crippen LogP contribution in [0.3, 0.4) is 0 Å². The average molecular weight is 349 g/mol. The van der Waals surface area contributed by atoms with Gasteiger partial charge in [0.2, 0.25) is 0 Å². The van der Waals surface area contributed by atoms with E-state index < -0.39 is 0 Å². The number of aryl methyl sites for hydroxylation is 3. The Morgan fingerprint density at radius 2 is 1.88 bits per heavy atom. The Bertz CT molecular complexity index is 963. The molecule has 26 heavy (non-hydrogen) atoms. The van der Waals surface area contributed by atoms with E-state index in [1.165, 1.54) is 16.7 Å². The topological polar surface area (TPSA) is 60.1 Å². The van der Waals surface area contributed by atoms with Gasteiger partial charge in [-0.15, -0.1) is 0 Å². The molecule has 0 fully saturated rings. The SMILES string of the molecule is COCCn1c(C)nc2cc(C#N)cc(OCc3c(C)cccc3C)c21. The molecular formula is C21H23N3O2. The van der Waals surface area contributed by atoms with Gasteiger partial charge in [-0.3, -0.25) is 0 Å². The van der Waals surface area contributed by atoms with Gasteiger partial charge in [-0.05, 0) is 43.5 Å². The molecular weight excluding hydrogens is 326 g/mol. The highest BCUT2D eigenvalue weighted by Crippen LogP contribution is 2.30. The zero-order valence-electron chi connectivity index (χ0n) is 15.7. The van der Waals surface area contributed by atoms with Crippen LogP contribution in [-0.2, 0) is 17.9 Å². The molecule has 2 aromatic carbocycles. The molecule has 3 rings (SSSR count). The highest BCUT2D eigenvalue weighted by molar-refractivity contribution is 5.84. The summed E-state index contributed by atoms with van der Waals surface area (Å²) < 4.78 is 13.5. The summed E-state index contributed by atoms with van der Waals surface area (Å²) in [5, 5.41) is 9.35. The molecule has 1 heterocycles. The van der Waals surface area contributed by atoms with Gasteiger partial charge in [0, 0.05) is 19.7 Å². The molecule has 134 valence electrons. The van der Waals surface area contributed by atoms with Crippen LogP contribution in [0.25, 0.3) is 11.0 Å². The van der Waals surface area contributed by atoms with E-state index in [1.54, 1.807) is 19.2 Å². The van der Waals surface area contributed by atoms with Gasteiger partial charge in [0.25, 0.3) is 0 Å². The molecule has 0 unspecified atom stereocenters. The second-order valence-corrected chi connectivity index (χ2v) is 6.42. The zero-order chi connectivity index (χ0) is 18.7. The van der Waals surface area contributed by atoms with Gasteiger partial charge in [-0.1, -0.05) is 18.2 Å². The number of rotatable bonds is 6. The maximum atomic E-state index is 9.35. The quantitative estimate of drug-likeness (QED) is 0.673. The van der Waals surface area contributed by atoms with Crippen molar-refractivity contribution in [2.75, 3.05) is 13.7 Å². The minimum Gasteiger partial charge on any atom is -0.487 e. The number of nitrogens with zero attached hydrogens (tertiary/aromatic N) is 3. The second-order valence-electron chi connectivity index (χ2n) is 6.42. The Kier molecular flexibility index (Phi) is 5.24. The van der Waals surface area contributed by atoms with Gasteiger partial charge >= 0.3 is 0 Å². The van der Waals surface area contributed by atoms with Crippen molar-refractivity contribution in [2.24, 2.45) is 0 Å². The van der Waals surface area contributed by atoms with Crippen molar-refractivity contribution >= 4 is 11.0 Å². The number of hydrogen-bond acceptors (Lipinski definition) is 4. The first kappa shape index (κ1) is 18.0. The molecule has 0 aliphatic heterocycles. The van der Waals surface area contributed by atoms with E-state index in [2.05, 4.69) is 41.6 Å². The Hall–Kier alpha value is -2.84. The maximum absolute atomic E-state index is 9.35. The van der Waals surface area contributed by atoms with Gasteiger partial charge in [0.15, 0.2) is 0 Å². The molecule has 5 nitrogen and oxygen atoms in total. The van der Waals surface area contributed by atoms with Crippen molar-refractivity contribution in [2.45, 2.75) is 33.9 Å². The molecule has 0 N–H and O–H groups in total.